The van der Waals surface area contributed by atoms with Crippen molar-refractivity contribution < 1.29 is 27.5 Å². The highest BCUT2D eigenvalue weighted by atomic mass is 19.4. The van der Waals surface area contributed by atoms with Crippen LogP contribution in [0.15, 0.2) is 48.5 Å². The van der Waals surface area contributed by atoms with E-state index in [1.807, 2.05) is 0 Å². The molecule has 1 aromatic heterocycles. The molecule has 0 saturated carbocycles. The Labute approximate surface area is 146 Å². The predicted octanol–water partition coefficient (Wildman–Crippen LogP) is 4.59. The average molecular weight is 361 g/mol. The Kier molecular flexibility index (Phi) is 4.54. The number of alkyl halides is 3. The number of rotatable bonds is 4. The molecule has 134 valence electrons. The van der Waals surface area contributed by atoms with Crippen LogP contribution in [0.5, 0.6) is 0 Å². The Morgan fingerprint density at radius 3 is 2.38 bits per heavy atom. The lowest BCUT2D eigenvalue weighted by molar-refractivity contribution is -0.137. The highest BCUT2D eigenvalue weighted by Crippen LogP contribution is 2.33. The number of carbonyl (C=O) groups excluding carboxylic acids is 2. The van der Waals surface area contributed by atoms with Crippen molar-refractivity contribution in [1.29, 1.82) is 0 Å². The summed E-state index contributed by atoms with van der Waals surface area (Å²) >= 11 is 0. The fraction of sp³-hybridized carbons (Fsp3) is 0.158. The molecule has 4 nitrogen and oxygen atoms in total. The minimum absolute atomic E-state index is 0.00151. The number of H-pyrrole nitrogens is 1. The molecule has 1 N–H and O–H groups in total. The Hall–Kier alpha value is -3.09. The molecular formula is C19H14F3NO3. The Morgan fingerprint density at radius 2 is 1.77 bits per heavy atom. The van der Waals surface area contributed by atoms with Gasteiger partial charge in [0.1, 0.15) is 5.69 Å². The molecular weight excluding hydrogens is 347 g/mol. The van der Waals surface area contributed by atoms with Crippen LogP contribution < -0.4 is 0 Å². The number of hydrogen-bond acceptors (Lipinski definition) is 3. The highest BCUT2D eigenvalue weighted by Gasteiger charge is 2.32. The first-order valence-electron chi connectivity index (χ1n) is 7.82. The molecule has 3 rings (SSSR count). The summed E-state index contributed by atoms with van der Waals surface area (Å²) in [6, 6.07) is 11.1. The zero-order valence-electron chi connectivity index (χ0n) is 13.7. The predicted molar refractivity (Wildman–Crippen MR) is 89.1 cm³/mol. The van der Waals surface area contributed by atoms with Gasteiger partial charge in [-0.3, -0.25) is 4.79 Å². The van der Waals surface area contributed by atoms with Crippen LogP contribution in [0.2, 0.25) is 0 Å². The van der Waals surface area contributed by atoms with E-state index in [0.717, 1.165) is 12.1 Å². The van der Waals surface area contributed by atoms with Gasteiger partial charge in [-0.15, -0.1) is 0 Å². The van der Waals surface area contributed by atoms with E-state index >= 15 is 0 Å². The third-order valence-corrected chi connectivity index (χ3v) is 3.87. The normalized spacial score (nSPS) is 11.5. The van der Waals surface area contributed by atoms with Gasteiger partial charge < -0.3 is 9.72 Å². The van der Waals surface area contributed by atoms with Gasteiger partial charge in [-0.25, -0.2) is 4.79 Å². The van der Waals surface area contributed by atoms with E-state index in [9.17, 15) is 22.8 Å². The highest BCUT2D eigenvalue weighted by molar-refractivity contribution is 6.21. The summed E-state index contributed by atoms with van der Waals surface area (Å²) in [6.07, 6.45) is -4.53. The maximum absolute atomic E-state index is 13.0. The van der Waals surface area contributed by atoms with Crippen molar-refractivity contribution in [1.82, 2.24) is 4.98 Å². The summed E-state index contributed by atoms with van der Waals surface area (Å²) in [6.45, 7) is 1.67. The van der Waals surface area contributed by atoms with Gasteiger partial charge in [0.05, 0.1) is 17.7 Å². The van der Waals surface area contributed by atoms with Gasteiger partial charge >= 0.3 is 12.1 Å². The SMILES string of the molecule is CCOC(=O)c1[nH]c2cc(C(F)(F)F)ccc2c1C(=O)c1ccccc1. The molecule has 3 aromatic rings. The zero-order valence-corrected chi connectivity index (χ0v) is 13.7. The first-order valence-corrected chi connectivity index (χ1v) is 7.82. The molecule has 0 unspecified atom stereocenters. The van der Waals surface area contributed by atoms with E-state index in [-0.39, 0.29) is 28.8 Å². The van der Waals surface area contributed by atoms with Crippen molar-refractivity contribution in [2.45, 2.75) is 13.1 Å². The van der Waals surface area contributed by atoms with Crippen molar-refractivity contribution in [3.8, 4) is 0 Å². The average Bonchev–Trinajstić information content (AvgIpc) is 3.00. The minimum Gasteiger partial charge on any atom is -0.461 e. The fourth-order valence-corrected chi connectivity index (χ4v) is 2.70. The van der Waals surface area contributed by atoms with Crippen LogP contribution in [-0.4, -0.2) is 23.3 Å². The Balaban J connectivity index is 2.22. The molecule has 2 aromatic carbocycles. The van der Waals surface area contributed by atoms with Crippen molar-refractivity contribution >= 4 is 22.7 Å². The van der Waals surface area contributed by atoms with Crippen LogP contribution in [-0.2, 0) is 10.9 Å². The number of nitrogens with one attached hydrogen (secondary N) is 1. The van der Waals surface area contributed by atoms with E-state index in [4.69, 9.17) is 4.74 Å². The van der Waals surface area contributed by atoms with Crippen LogP contribution in [0.25, 0.3) is 10.9 Å². The van der Waals surface area contributed by atoms with Crippen LogP contribution in [0.4, 0.5) is 13.2 Å². The number of fused-ring (bicyclic) bond motifs is 1. The standard InChI is InChI=1S/C19H14F3NO3/c1-2-26-18(25)16-15(17(24)11-6-4-3-5-7-11)13-9-8-12(19(20,21)22)10-14(13)23-16/h3-10,23H,2H2,1H3. The molecule has 0 aliphatic heterocycles. The third kappa shape index (κ3) is 3.20. The first kappa shape index (κ1) is 17.7. The lowest BCUT2D eigenvalue weighted by Crippen LogP contribution is -2.12. The van der Waals surface area contributed by atoms with Crippen LogP contribution in [0, 0.1) is 0 Å². The van der Waals surface area contributed by atoms with Gasteiger partial charge in [0.15, 0.2) is 5.78 Å². The second kappa shape index (κ2) is 6.67. The second-order valence-electron chi connectivity index (χ2n) is 5.55. The molecule has 0 radical (unpaired) electrons. The van der Waals surface area contributed by atoms with Crippen molar-refractivity contribution in [3.05, 3.63) is 70.9 Å². The number of hydrogen-bond donors (Lipinski definition) is 1. The van der Waals surface area contributed by atoms with Crippen LogP contribution >= 0.6 is 0 Å². The molecule has 0 atom stereocenters. The topological polar surface area (TPSA) is 59.2 Å². The minimum atomic E-state index is -4.53. The van der Waals surface area contributed by atoms with Gasteiger partial charge in [-0.2, -0.15) is 13.2 Å². The lowest BCUT2D eigenvalue weighted by Gasteiger charge is -2.06. The largest absolute Gasteiger partial charge is 0.461 e. The van der Waals surface area contributed by atoms with Gasteiger partial charge in [-0.05, 0) is 19.1 Å². The summed E-state index contributed by atoms with van der Waals surface area (Å²) in [7, 11) is 0. The zero-order chi connectivity index (χ0) is 18.9. The number of ketones is 1. The summed E-state index contributed by atoms with van der Waals surface area (Å²) in [5.41, 5.74) is -0.672. The van der Waals surface area contributed by atoms with E-state index in [0.29, 0.717) is 5.56 Å². The van der Waals surface area contributed by atoms with Gasteiger partial charge in [0.2, 0.25) is 0 Å². The maximum atomic E-state index is 13.0. The monoisotopic (exact) mass is 361 g/mol. The molecule has 7 heteroatoms. The number of ether oxygens (including phenoxy) is 1. The first-order chi connectivity index (χ1) is 12.3. The molecule has 0 aliphatic carbocycles. The van der Waals surface area contributed by atoms with Crippen LogP contribution in [0.1, 0.15) is 38.9 Å². The van der Waals surface area contributed by atoms with Crippen molar-refractivity contribution in [2.75, 3.05) is 6.61 Å². The molecule has 0 fully saturated rings. The van der Waals surface area contributed by atoms with Crippen LogP contribution in [0.3, 0.4) is 0 Å². The Morgan fingerprint density at radius 1 is 1.08 bits per heavy atom. The maximum Gasteiger partial charge on any atom is 0.416 e. The van der Waals surface area contributed by atoms with E-state index in [1.165, 1.54) is 6.07 Å². The molecule has 1 heterocycles. The molecule has 0 bridgehead atoms. The molecule has 0 amide bonds. The number of aromatic nitrogens is 1. The number of esters is 1. The second-order valence-corrected chi connectivity index (χ2v) is 5.55. The van der Waals surface area contributed by atoms with Crippen molar-refractivity contribution in [2.24, 2.45) is 0 Å². The lowest BCUT2D eigenvalue weighted by atomic mass is 9.99. The summed E-state index contributed by atoms with van der Waals surface area (Å²) in [5, 5.41) is 0.231. The number of carbonyl (C=O) groups is 2. The molecule has 0 saturated heterocycles. The summed E-state index contributed by atoms with van der Waals surface area (Å²) < 4.78 is 43.8. The number of halogens is 3. The summed E-state index contributed by atoms with van der Waals surface area (Å²) in [5.74, 6) is -1.27. The number of benzene rings is 2. The van der Waals surface area contributed by atoms with E-state index < -0.39 is 23.5 Å². The fourth-order valence-electron chi connectivity index (χ4n) is 2.70. The van der Waals surface area contributed by atoms with Gasteiger partial charge in [0, 0.05) is 16.5 Å². The molecule has 0 spiro atoms. The molecule has 0 aliphatic rings. The van der Waals surface area contributed by atoms with Gasteiger partial charge in [0.25, 0.3) is 0 Å². The Bertz CT molecular complexity index is 975. The van der Waals surface area contributed by atoms with Gasteiger partial charge in [-0.1, -0.05) is 36.4 Å². The van der Waals surface area contributed by atoms with E-state index in [2.05, 4.69) is 4.98 Å². The van der Waals surface area contributed by atoms with Crippen molar-refractivity contribution in [3.63, 3.8) is 0 Å². The third-order valence-electron chi connectivity index (χ3n) is 3.87. The van der Waals surface area contributed by atoms with E-state index in [1.54, 1.807) is 37.3 Å². The quantitative estimate of drug-likeness (QED) is 0.546. The number of aromatic amines is 1. The smallest absolute Gasteiger partial charge is 0.416 e. The molecule has 26 heavy (non-hydrogen) atoms. The summed E-state index contributed by atoms with van der Waals surface area (Å²) in [4.78, 5) is 27.7.